The summed E-state index contributed by atoms with van der Waals surface area (Å²) in [5.74, 6) is -0.0622. The Bertz CT molecular complexity index is 900. The van der Waals surface area contributed by atoms with E-state index >= 15 is 0 Å². The predicted molar refractivity (Wildman–Crippen MR) is 108 cm³/mol. The van der Waals surface area contributed by atoms with E-state index in [0.29, 0.717) is 17.2 Å². The Kier molecular flexibility index (Phi) is 6.69. The summed E-state index contributed by atoms with van der Waals surface area (Å²) >= 11 is 2.88. The summed E-state index contributed by atoms with van der Waals surface area (Å²) in [7, 11) is 0. The number of aliphatic hydroxyl groups excluding tert-OH is 2. The van der Waals surface area contributed by atoms with Gasteiger partial charge in [0.15, 0.2) is 5.16 Å². The number of aryl methyl sites for hydroxylation is 1. The highest BCUT2D eigenvalue weighted by Gasteiger charge is 2.23. The molecule has 2 aromatic heterocycles. The van der Waals surface area contributed by atoms with Crippen LogP contribution in [0.15, 0.2) is 22.6 Å². The zero-order valence-electron chi connectivity index (χ0n) is 15.0. The summed E-state index contributed by atoms with van der Waals surface area (Å²) in [4.78, 5) is 33.1. The van der Waals surface area contributed by atoms with Gasteiger partial charge in [-0.2, -0.15) is 0 Å². The number of fused-ring (bicyclic) bond motifs is 2. The lowest BCUT2D eigenvalue weighted by Gasteiger charge is -2.20. The number of hydrogen-bond donors (Lipinski definition) is 2. The summed E-state index contributed by atoms with van der Waals surface area (Å²) < 4.78 is 1.94. The van der Waals surface area contributed by atoms with Crippen LogP contribution in [0.2, 0.25) is 0 Å². The molecule has 3 rings (SSSR count). The molecule has 1 aliphatic carbocycles. The van der Waals surface area contributed by atoms with E-state index in [4.69, 9.17) is 10.2 Å². The van der Waals surface area contributed by atoms with Gasteiger partial charge >= 0.3 is 0 Å². The number of rotatable bonds is 9. The minimum absolute atomic E-state index is 0.00873. The molecule has 1 amide bonds. The number of imidazole rings is 1. The third-order valence-corrected chi connectivity index (χ3v) is 6.76. The first-order chi connectivity index (χ1) is 13.1. The lowest BCUT2D eigenvalue weighted by atomic mass is 10.2. The molecule has 0 saturated heterocycles. The van der Waals surface area contributed by atoms with Crippen LogP contribution in [0.1, 0.15) is 16.9 Å². The second kappa shape index (κ2) is 9.01. The number of nitrogens with zero attached hydrogens (tertiary/aromatic N) is 3. The first kappa shape index (κ1) is 20.1. The molecule has 0 unspecified atom stereocenters. The smallest absolute Gasteiger partial charge is 0.233 e. The molecule has 0 fully saturated rings. The summed E-state index contributed by atoms with van der Waals surface area (Å²) in [6, 6.07) is 0. The van der Waals surface area contributed by atoms with E-state index in [9.17, 15) is 9.59 Å². The fourth-order valence-corrected chi connectivity index (χ4v) is 5.49. The molecule has 2 aromatic rings. The minimum atomic E-state index is -0.186. The van der Waals surface area contributed by atoms with E-state index in [-0.39, 0.29) is 43.4 Å². The van der Waals surface area contributed by atoms with Crippen molar-refractivity contribution in [2.75, 3.05) is 32.1 Å². The number of hydrogen-bond acceptors (Lipinski definition) is 7. The Hall–Kier alpha value is -1.68. The number of thioether (sulfide) groups is 1. The van der Waals surface area contributed by atoms with Crippen molar-refractivity contribution in [3.63, 3.8) is 0 Å². The topological polar surface area (TPSA) is 95.7 Å². The number of allylic oxidation sites excluding steroid dienone is 1. The zero-order valence-corrected chi connectivity index (χ0v) is 16.7. The molecular formula is C18H23N3O4S2. The number of carbonyl (C=O) groups excluding carboxylic acids is 1. The molecule has 0 saturated carbocycles. The van der Waals surface area contributed by atoms with Crippen LogP contribution in [-0.4, -0.2) is 62.6 Å². The van der Waals surface area contributed by atoms with Crippen molar-refractivity contribution in [3.05, 3.63) is 33.3 Å². The molecule has 2 heterocycles. The van der Waals surface area contributed by atoms with Crippen LogP contribution in [-0.2, 0) is 24.2 Å². The Morgan fingerprint density at radius 1 is 1.33 bits per heavy atom. The molecule has 2 N–H and O–H groups in total. The van der Waals surface area contributed by atoms with Gasteiger partial charge in [-0.05, 0) is 19.3 Å². The number of amides is 1. The molecule has 0 spiro atoms. The van der Waals surface area contributed by atoms with Crippen LogP contribution in [0.4, 0.5) is 0 Å². The summed E-state index contributed by atoms with van der Waals surface area (Å²) in [5, 5.41) is 18.8. The molecule has 1 aliphatic rings. The SMILES string of the molecule is C=CCn1c(SCC(=O)N(CCO)CCO)nc2c(=O)c3c(sc21)CCC3. The fraction of sp³-hybridized carbons (Fsp3) is 0.500. The molecule has 27 heavy (non-hydrogen) atoms. The number of aromatic nitrogens is 2. The zero-order chi connectivity index (χ0) is 19.4. The third kappa shape index (κ3) is 4.11. The van der Waals surface area contributed by atoms with Gasteiger partial charge in [0.25, 0.3) is 0 Å². The van der Waals surface area contributed by atoms with E-state index in [0.717, 1.165) is 34.5 Å². The van der Waals surface area contributed by atoms with Crippen molar-refractivity contribution in [3.8, 4) is 0 Å². The van der Waals surface area contributed by atoms with E-state index in [1.54, 1.807) is 17.4 Å². The lowest BCUT2D eigenvalue weighted by Crippen LogP contribution is -2.37. The van der Waals surface area contributed by atoms with Crippen molar-refractivity contribution >= 4 is 39.4 Å². The number of aliphatic hydroxyl groups is 2. The van der Waals surface area contributed by atoms with E-state index in [1.807, 2.05) is 4.57 Å². The van der Waals surface area contributed by atoms with Crippen LogP contribution >= 0.6 is 23.1 Å². The van der Waals surface area contributed by atoms with Crippen molar-refractivity contribution in [2.45, 2.75) is 31.0 Å². The van der Waals surface area contributed by atoms with Gasteiger partial charge in [-0.3, -0.25) is 9.59 Å². The molecule has 0 bridgehead atoms. The van der Waals surface area contributed by atoms with E-state index in [2.05, 4.69) is 11.6 Å². The lowest BCUT2D eigenvalue weighted by molar-refractivity contribution is -0.129. The second-order valence-electron chi connectivity index (χ2n) is 6.25. The van der Waals surface area contributed by atoms with Crippen molar-refractivity contribution in [1.29, 1.82) is 0 Å². The number of carbonyl (C=O) groups is 1. The van der Waals surface area contributed by atoms with E-state index < -0.39 is 0 Å². The first-order valence-electron chi connectivity index (χ1n) is 8.89. The summed E-state index contributed by atoms with van der Waals surface area (Å²) in [6.07, 6.45) is 4.51. The van der Waals surface area contributed by atoms with Crippen LogP contribution < -0.4 is 5.43 Å². The molecule has 9 heteroatoms. The van der Waals surface area contributed by atoms with Crippen LogP contribution in [0.5, 0.6) is 0 Å². The molecule has 0 radical (unpaired) electrons. The van der Waals surface area contributed by atoms with Crippen molar-refractivity contribution in [2.24, 2.45) is 0 Å². The van der Waals surface area contributed by atoms with Gasteiger partial charge in [0, 0.05) is 30.1 Å². The molecule has 0 aliphatic heterocycles. The molecular weight excluding hydrogens is 386 g/mol. The summed E-state index contributed by atoms with van der Waals surface area (Å²) in [6.45, 7) is 4.36. The monoisotopic (exact) mass is 409 g/mol. The van der Waals surface area contributed by atoms with Gasteiger partial charge in [0.1, 0.15) is 10.3 Å². The maximum absolute atomic E-state index is 12.8. The Balaban J connectivity index is 1.89. The standard InChI is InChI=1S/C18H23N3O4S2/c1-2-6-21-17-15(16(25)12-4-3-5-13(12)27-17)19-18(21)26-11-14(24)20(7-9-22)8-10-23/h2,22-23H,1,3-11H2. The van der Waals surface area contributed by atoms with Gasteiger partial charge in [-0.25, -0.2) is 4.98 Å². The molecule has 0 aromatic carbocycles. The van der Waals surface area contributed by atoms with Crippen molar-refractivity contribution < 1.29 is 15.0 Å². The summed E-state index contributed by atoms with van der Waals surface area (Å²) in [5.41, 5.74) is 1.37. The predicted octanol–water partition coefficient (Wildman–Crippen LogP) is 1.04. The van der Waals surface area contributed by atoms with Gasteiger partial charge in [-0.15, -0.1) is 17.9 Å². The third-order valence-electron chi connectivity index (χ3n) is 4.49. The average Bonchev–Trinajstić information content (AvgIpc) is 3.26. The normalized spacial score (nSPS) is 13.1. The van der Waals surface area contributed by atoms with Gasteiger partial charge < -0.3 is 19.7 Å². The molecule has 7 nitrogen and oxygen atoms in total. The highest BCUT2D eigenvalue weighted by Crippen LogP contribution is 2.31. The van der Waals surface area contributed by atoms with Crippen molar-refractivity contribution in [1.82, 2.24) is 14.5 Å². The largest absolute Gasteiger partial charge is 0.395 e. The minimum Gasteiger partial charge on any atom is -0.395 e. The highest BCUT2D eigenvalue weighted by molar-refractivity contribution is 7.99. The Morgan fingerprint density at radius 2 is 2.07 bits per heavy atom. The Morgan fingerprint density at radius 3 is 2.74 bits per heavy atom. The van der Waals surface area contributed by atoms with Crippen LogP contribution in [0.25, 0.3) is 10.3 Å². The maximum Gasteiger partial charge on any atom is 0.233 e. The Labute approximate surface area is 165 Å². The van der Waals surface area contributed by atoms with Gasteiger partial charge in [0.2, 0.25) is 11.3 Å². The van der Waals surface area contributed by atoms with Crippen LogP contribution in [0.3, 0.4) is 0 Å². The van der Waals surface area contributed by atoms with Gasteiger partial charge in [-0.1, -0.05) is 17.8 Å². The highest BCUT2D eigenvalue weighted by atomic mass is 32.2. The molecule has 0 atom stereocenters. The first-order valence-corrected chi connectivity index (χ1v) is 10.7. The van der Waals surface area contributed by atoms with Gasteiger partial charge in [0.05, 0.1) is 19.0 Å². The quantitative estimate of drug-likeness (QED) is 0.475. The molecule has 146 valence electrons. The fourth-order valence-electron chi connectivity index (χ4n) is 3.22. The van der Waals surface area contributed by atoms with Crippen LogP contribution in [0, 0.1) is 0 Å². The second-order valence-corrected chi connectivity index (χ2v) is 8.28. The average molecular weight is 410 g/mol. The maximum atomic E-state index is 12.8. The van der Waals surface area contributed by atoms with E-state index in [1.165, 1.54) is 16.7 Å².